The topological polar surface area (TPSA) is 108 Å². The van der Waals surface area contributed by atoms with E-state index in [4.69, 9.17) is 13.9 Å². The predicted molar refractivity (Wildman–Crippen MR) is 130 cm³/mol. The molecule has 4 aromatic rings. The summed E-state index contributed by atoms with van der Waals surface area (Å²) >= 11 is 1.32. The Bertz CT molecular complexity index is 1320. The summed E-state index contributed by atoms with van der Waals surface area (Å²) in [6.45, 7) is 1.33. The van der Waals surface area contributed by atoms with Crippen LogP contribution in [0.15, 0.2) is 82.8 Å². The van der Waals surface area contributed by atoms with Crippen LogP contribution < -0.4 is 20.1 Å². The molecule has 2 aromatic heterocycles. The number of anilines is 1. The number of hydrogen-bond acceptors (Lipinski definition) is 7. The molecule has 5 rings (SSSR count). The van der Waals surface area contributed by atoms with Crippen molar-refractivity contribution in [2.45, 2.75) is 11.7 Å². The number of carbonyl (C=O) groups excluding carboxylic acids is 2. The molecule has 3 heterocycles. The van der Waals surface area contributed by atoms with E-state index in [2.05, 4.69) is 15.6 Å². The molecule has 2 N–H and O–H groups in total. The second-order valence-electron chi connectivity index (χ2n) is 7.58. The van der Waals surface area contributed by atoms with Crippen LogP contribution in [0.3, 0.4) is 0 Å². The smallest absolute Gasteiger partial charge is 0.251 e. The van der Waals surface area contributed by atoms with Gasteiger partial charge in [-0.3, -0.25) is 14.2 Å². The molecule has 1 aliphatic rings. The first-order valence-electron chi connectivity index (χ1n) is 10.9. The van der Waals surface area contributed by atoms with Gasteiger partial charge in [-0.05, 0) is 48.5 Å². The molecule has 10 heteroatoms. The van der Waals surface area contributed by atoms with Gasteiger partial charge in [0.1, 0.15) is 19.0 Å². The summed E-state index contributed by atoms with van der Waals surface area (Å²) in [6, 6.07) is 16.1. The largest absolute Gasteiger partial charge is 0.486 e. The minimum Gasteiger partial charge on any atom is -0.486 e. The highest BCUT2D eigenvalue weighted by molar-refractivity contribution is 7.99. The maximum atomic E-state index is 12.5. The number of aromatic nitrogens is 2. The first-order valence-corrected chi connectivity index (χ1v) is 11.9. The van der Waals surface area contributed by atoms with Gasteiger partial charge in [0.15, 0.2) is 16.7 Å². The maximum absolute atomic E-state index is 12.5. The van der Waals surface area contributed by atoms with Crippen molar-refractivity contribution in [2.24, 2.45) is 0 Å². The standard InChI is InChI=1S/C25H22N4O5S/c30-23(28-18-5-8-21-22(14-18)34-13-12-33-21)16-35-25-26-9-10-29(25)19-6-3-17(4-7-19)24(31)27-15-20-2-1-11-32-20/h1-11,14H,12-13,15-16H2,(H,27,31)(H,28,30). The number of nitrogens with one attached hydrogen (secondary N) is 2. The Labute approximate surface area is 205 Å². The first-order chi connectivity index (χ1) is 17.2. The van der Waals surface area contributed by atoms with Crippen LogP contribution in [-0.4, -0.2) is 40.3 Å². The lowest BCUT2D eigenvalue weighted by Gasteiger charge is -2.19. The lowest BCUT2D eigenvalue weighted by Crippen LogP contribution is -2.22. The molecule has 9 nitrogen and oxygen atoms in total. The molecule has 0 fully saturated rings. The molecule has 2 amide bonds. The van der Waals surface area contributed by atoms with Crippen LogP contribution in [0, 0.1) is 0 Å². The van der Waals surface area contributed by atoms with E-state index in [0.29, 0.717) is 53.4 Å². The zero-order valence-electron chi connectivity index (χ0n) is 18.6. The number of nitrogens with zero attached hydrogens (tertiary/aromatic N) is 2. The molecule has 178 valence electrons. The fraction of sp³-hybridized carbons (Fsp3) is 0.160. The number of thioether (sulfide) groups is 1. The van der Waals surface area contributed by atoms with Crippen LogP contribution in [0.4, 0.5) is 5.69 Å². The van der Waals surface area contributed by atoms with E-state index in [1.807, 2.05) is 22.9 Å². The van der Waals surface area contributed by atoms with E-state index in [-0.39, 0.29) is 17.6 Å². The zero-order valence-corrected chi connectivity index (χ0v) is 19.4. The van der Waals surface area contributed by atoms with E-state index in [1.165, 1.54) is 11.8 Å². The van der Waals surface area contributed by atoms with Crippen molar-refractivity contribution in [3.63, 3.8) is 0 Å². The van der Waals surface area contributed by atoms with Crippen LogP contribution in [0.25, 0.3) is 5.69 Å². The third-order valence-electron chi connectivity index (χ3n) is 5.18. The van der Waals surface area contributed by atoms with Crippen molar-refractivity contribution >= 4 is 29.3 Å². The molecule has 0 unspecified atom stereocenters. The monoisotopic (exact) mass is 490 g/mol. The Morgan fingerprint density at radius 3 is 2.66 bits per heavy atom. The predicted octanol–water partition coefficient (Wildman–Crippen LogP) is 3.90. The van der Waals surface area contributed by atoms with Gasteiger partial charge in [0.25, 0.3) is 5.91 Å². The number of benzene rings is 2. The number of imidazole rings is 1. The van der Waals surface area contributed by atoms with Crippen LogP contribution in [-0.2, 0) is 11.3 Å². The zero-order chi connectivity index (χ0) is 24.0. The third-order valence-corrected chi connectivity index (χ3v) is 6.14. The summed E-state index contributed by atoms with van der Waals surface area (Å²) in [5.41, 5.74) is 2.01. The number of furan rings is 1. The minimum atomic E-state index is -0.191. The normalized spacial score (nSPS) is 12.2. The number of rotatable bonds is 8. The van der Waals surface area contributed by atoms with Crippen LogP contribution in [0.5, 0.6) is 11.5 Å². The van der Waals surface area contributed by atoms with E-state index in [9.17, 15) is 9.59 Å². The van der Waals surface area contributed by atoms with Gasteiger partial charge in [-0.1, -0.05) is 11.8 Å². The molecule has 0 saturated carbocycles. The van der Waals surface area contributed by atoms with Gasteiger partial charge in [-0.2, -0.15) is 0 Å². The number of amides is 2. The average Bonchev–Trinajstić information content (AvgIpc) is 3.58. The van der Waals surface area contributed by atoms with Gasteiger partial charge in [-0.15, -0.1) is 0 Å². The second kappa shape index (κ2) is 10.4. The quantitative estimate of drug-likeness (QED) is 0.361. The van der Waals surface area contributed by atoms with E-state index < -0.39 is 0 Å². The average molecular weight is 491 g/mol. The Kier molecular flexibility index (Phi) is 6.71. The van der Waals surface area contributed by atoms with Crippen molar-refractivity contribution in [3.8, 4) is 17.2 Å². The SMILES string of the molecule is O=C(CSc1nccn1-c1ccc(C(=O)NCc2ccco2)cc1)Nc1ccc2c(c1)OCCO2. The van der Waals surface area contributed by atoms with Crippen molar-refractivity contribution in [2.75, 3.05) is 24.3 Å². The number of fused-ring (bicyclic) bond motifs is 1. The fourth-order valence-corrected chi connectivity index (χ4v) is 4.27. The van der Waals surface area contributed by atoms with E-state index in [0.717, 1.165) is 5.69 Å². The summed E-state index contributed by atoms with van der Waals surface area (Å²) < 4.78 is 18.2. The molecule has 2 aromatic carbocycles. The fourth-order valence-electron chi connectivity index (χ4n) is 3.50. The van der Waals surface area contributed by atoms with Crippen LogP contribution in [0.2, 0.25) is 0 Å². The molecular weight excluding hydrogens is 468 g/mol. The third kappa shape index (κ3) is 5.49. The van der Waals surface area contributed by atoms with Gasteiger partial charge >= 0.3 is 0 Å². The Balaban J connectivity index is 1.17. The minimum absolute atomic E-state index is 0.162. The molecule has 1 aliphatic heterocycles. The van der Waals surface area contributed by atoms with Crippen molar-refractivity contribution in [3.05, 3.63) is 84.6 Å². The molecule has 35 heavy (non-hydrogen) atoms. The first kappa shape index (κ1) is 22.6. The lowest BCUT2D eigenvalue weighted by atomic mass is 10.2. The van der Waals surface area contributed by atoms with Gasteiger partial charge in [0.05, 0.1) is 18.6 Å². The lowest BCUT2D eigenvalue weighted by molar-refractivity contribution is -0.113. The van der Waals surface area contributed by atoms with Crippen LogP contribution in [0.1, 0.15) is 16.1 Å². The summed E-state index contributed by atoms with van der Waals surface area (Å²) in [5.74, 6) is 1.81. The number of carbonyl (C=O) groups is 2. The number of hydrogen-bond donors (Lipinski definition) is 2. The molecule has 0 bridgehead atoms. The number of ether oxygens (including phenoxy) is 2. The van der Waals surface area contributed by atoms with Gasteiger partial charge in [0, 0.05) is 35.4 Å². The Morgan fingerprint density at radius 1 is 1.03 bits per heavy atom. The van der Waals surface area contributed by atoms with Gasteiger partial charge in [0.2, 0.25) is 5.91 Å². The second-order valence-corrected chi connectivity index (χ2v) is 8.53. The summed E-state index contributed by atoms with van der Waals surface area (Å²) in [6.07, 6.45) is 5.05. The van der Waals surface area contributed by atoms with E-state index >= 15 is 0 Å². The highest BCUT2D eigenvalue weighted by atomic mass is 32.2. The van der Waals surface area contributed by atoms with Crippen LogP contribution >= 0.6 is 11.8 Å². The Morgan fingerprint density at radius 2 is 1.86 bits per heavy atom. The van der Waals surface area contributed by atoms with Crippen molar-refractivity contribution in [1.82, 2.24) is 14.9 Å². The molecular formula is C25H22N4O5S. The highest BCUT2D eigenvalue weighted by Crippen LogP contribution is 2.32. The highest BCUT2D eigenvalue weighted by Gasteiger charge is 2.14. The summed E-state index contributed by atoms with van der Waals surface area (Å²) in [4.78, 5) is 29.2. The van der Waals surface area contributed by atoms with E-state index in [1.54, 1.807) is 54.9 Å². The Hall–Kier alpha value is -4.18. The molecule has 0 radical (unpaired) electrons. The molecule has 0 aliphatic carbocycles. The van der Waals surface area contributed by atoms with Gasteiger partial charge < -0.3 is 24.5 Å². The summed E-state index contributed by atoms with van der Waals surface area (Å²) in [5, 5.41) is 6.36. The summed E-state index contributed by atoms with van der Waals surface area (Å²) in [7, 11) is 0. The molecule has 0 atom stereocenters. The maximum Gasteiger partial charge on any atom is 0.251 e. The molecule has 0 spiro atoms. The molecule has 0 saturated heterocycles. The van der Waals surface area contributed by atoms with Gasteiger partial charge in [-0.25, -0.2) is 4.98 Å². The van der Waals surface area contributed by atoms with Crippen molar-refractivity contribution < 1.29 is 23.5 Å². The van der Waals surface area contributed by atoms with Crippen molar-refractivity contribution in [1.29, 1.82) is 0 Å².